The summed E-state index contributed by atoms with van der Waals surface area (Å²) in [5, 5.41) is 40.1. The van der Waals surface area contributed by atoms with Crippen LogP contribution in [0.5, 0.6) is 0 Å². The van der Waals surface area contributed by atoms with Gasteiger partial charge in [-0.3, -0.25) is 4.79 Å². The van der Waals surface area contributed by atoms with Crippen molar-refractivity contribution in [2.45, 2.75) is 185 Å². The number of carbonyl (C=O) groups excluding carboxylic acids is 1. The van der Waals surface area contributed by atoms with Crippen LogP contribution in [-0.2, 0) is 23.7 Å². The maximum absolute atomic E-state index is 12.8. The fourth-order valence-corrected chi connectivity index (χ4v) is 6.18. The molecule has 1 heterocycles. The molecule has 4 N–H and O–H groups in total. The number of aliphatic hydroxyl groups excluding tert-OH is 4. The van der Waals surface area contributed by atoms with Crippen molar-refractivity contribution < 1.29 is 44.2 Å². The van der Waals surface area contributed by atoms with E-state index < -0.39 is 43.4 Å². The van der Waals surface area contributed by atoms with Crippen LogP contribution in [0.3, 0.4) is 0 Å². The number of allylic oxidation sites excluding steroid dienone is 16. The predicted molar refractivity (Wildman–Crippen MR) is 242 cm³/mol. The van der Waals surface area contributed by atoms with Gasteiger partial charge in [-0.1, -0.05) is 150 Å². The first-order chi connectivity index (χ1) is 28.9. The van der Waals surface area contributed by atoms with Gasteiger partial charge >= 0.3 is 5.97 Å². The lowest BCUT2D eigenvalue weighted by atomic mass is 9.99. The molecule has 0 radical (unpaired) electrons. The molecule has 1 aliphatic rings. The predicted octanol–water partition coefficient (Wildman–Crippen LogP) is 10.4. The summed E-state index contributed by atoms with van der Waals surface area (Å²) in [6.45, 7) is 4.31. The van der Waals surface area contributed by atoms with Crippen LogP contribution >= 0.6 is 0 Å². The van der Waals surface area contributed by atoms with Gasteiger partial charge in [-0.2, -0.15) is 0 Å². The average Bonchev–Trinajstić information content (AvgIpc) is 3.24. The van der Waals surface area contributed by atoms with Gasteiger partial charge in [0.25, 0.3) is 0 Å². The Balaban J connectivity index is 2.32. The van der Waals surface area contributed by atoms with Crippen molar-refractivity contribution in [1.29, 1.82) is 0 Å². The van der Waals surface area contributed by atoms with Crippen LogP contribution < -0.4 is 0 Å². The first-order valence-electron chi connectivity index (χ1n) is 22.8. The minimum absolute atomic E-state index is 0.111. The summed E-state index contributed by atoms with van der Waals surface area (Å²) in [6, 6.07) is 0. The molecule has 59 heavy (non-hydrogen) atoms. The highest BCUT2D eigenvalue weighted by atomic mass is 16.7. The number of esters is 1. The van der Waals surface area contributed by atoms with Gasteiger partial charge in [0.05, 0.1) is 19.8 Å². The second-order valence-electron chi connectivity index (χ2n) is 15.1. The van der Waals surface area contributed by atoms with E-state index in [9.17, 15) is 25.2 Å². The highest BCUT2D eigenvalue weighted by Gasteiger charge is 2.44. The summed E-state index contributed by atoms with van der Waals surface area (Å²) in [7, 11) is 0. The maximum atomic E-state index is 12.8. The second-order valence-corrected chi connectivity index (χ2v) is 15.1. The van der Waals surface area contributed by atoms with E-state index in [-0.39, 0.29) is 25.6 Å². The van der Waals surface area contributed by atoms with Crippen LogP contribution in [-0.4, -0.2) is 89.6 Å². The molecule has 0 aliphatic carbocycles. The average molecular weight is 827 g/mol. The number of hydrogen-bond acceptors (Lipinski definition) is 9. The van der Waals surface area contributed by atoms with Crippen LogP contribution in [0.2, 0.25) is 0 Å². The molecule has 0 aromatic heterocycles. The lowest BCUT2D eigenvalue weighted by Crippen LogP contribution is -2.59. The van der Waals surface area contributed by atoms with E-state index in [0.29, 0.717) is 13.0 Å². The third-order valence-corrected chi connectivity index (χ3v) is 9.73. The Labute approximate surface area is 358 Å². The molecule has 1 fully saturated rings. The summed E-state index contributed by atoms with van der Waals surface area (Å²) in [5.74, 6) is -0.378. The fraction of sp³-hybridized carbons (Fsp3) is 0.660. The van der Waals surface area contributed by atoms with Crippen molar-refractivity contribution in [3.8, 4) is 0 Å². The molecule has 0 saturated carbocycles. The molecule has 9 heteroatoms. The summed E-state index contributed by atoms with van der Waals surface area (Å²) in [6.07, 6.45) is 48.7. The van der Waals surface area contributed by atoms with E-state index in [2.05, 4.69) is 111 Å². The number of aliphatic hydroxyl groups is 4. The Morgan fingerprint density at radius 3 is 1.58 bits per heavy atom. The molecule has 6 atom stereocenters. The summed E-state index contributed by atoms with van der Waals surface area (Å²) in [5.41, 5.74) is 0. The van der Waals surface area contributed by atoms with Gasteiger partial charge in [0.1, 0.15) is 30.5 Å². The third-order valence-electron chi connectivity index (χ3n) is 9.73. The zero-order valence-electron chi connectivity index (χ0n) is 36.7. The number of unbranched alkanes of at least 4 members (excludes halogenated alkanes) is 10. The van der Waals surface area contributed by atoms with Crippen LogP contribution in [0.1, 0.15) is 149 Å². The minimum Gasteiger partial charge on any atom is -0.457 e. The minimum atomic E-state index is -1.55. The van der Waals surface area contributed by atoms with Crippen molar-refractivity contribution >= 4 is 5.97 Å². The number of hydrogen-bond donors (Lipinski definition) is 4. The lowest BCUT2D eigenvalue weighted by molar-refractivity contribution is -0.305. The Kier molecular flexibility index (Phi) is 37.2. The molecule has 0 bridgehead atoms. The maximum Gasteiger partial charge on any atom is 0.306 e. The number of rotatable bonds is 37. The van der Waals surface area contributed by atoms with Crippen molar-refractivity contribution in [1.82, 2.24) is 0 Å². The summed E-state index contributed by atoms with van der Waals surface area (Å²) >= 11 is 0. The largest absolute Gasteiger partial charge is 0.457 e. The molecule has 9 nitrogen and oxygen atoms in total. The standard InChI is InChI=1S/C50H82O9/c1-3-5-7-9-11-13-15-17-18-19-20-21-22-23-24-25-26-27-29-31-33-35-37-39-46(52)58-44(43-57-50-49(55)48(54)47(53)45(41-51)59-50)42-56-40-38-36-34-32-30-28-16-14-12-10-8-6-4-2/h5,7,11-14,17-18,20-21,23-24,26-27,31,33,44-45,47-51,53-55H,3-4,6,8-10,15-16,19,22,25,28-30,32,34-43H2,1-2H3/b7-5-,13-11-,14-12-,18-17-,21-20-,24-23-,27-26-,33-31-. The molecule has 0 spiro atoms. The third kappa shape index (κ3) is 31.6. The number of ether oxygens (including phenoxy) is 4. The van der Waals surface area contributed by atoms with Gasteiger partial charge in [0.15, 0.2) is 6.29 Å². The van der Waals surface area contributed by atoms with Crippen molar-refractivity contribution in [3.05, 3.63) is 97.2 Å². The van der Waals surface area contributed by atoms with Gasteiger partial charge in [0, 0.05) is 13.0 Å². The molecular formula is C50H82O9. The highest BCUT2D eigenvalue weighted by molar-refractivity contribution is 5.69. The van der Waals surface area contributed by atoms with Gasteiger partial charge < -0.3 is 39.4 Å². The molecule has 1 saturated heterocycles. The Morgan fingerprint density at radius 2 is 1.03 bits per heavy atom. The molecule has 6 unspecified atom stereocenters. The Hall–Kier alpha value is -2.89. The van der Waals surface area contributed by atoms with Crippen LogP contribution in [0.25, 0.3) is 0 Å². The second kappa shape index (κ2) is 40.5. The van der Waals surface area contributed by atoms with Crippen molar-refractivity contribution in [2.24, 2.45) is 0 Å². The molecule has 0 aromatic rings. The van der Waals surface area contributed by atoms with E-state index >= 15 is 0 Å². The summed E-state index contributed by atoms with van der Waals surface area (Å²) in [4.78, 5) is 12.8. The molecular weight excluding hydrogens is 745 g/mol. The Morgan fingerprint density at radius 1 is 0.559 bits per heavy atom. The zero-order valence-corrected chi connectivity index (χ0v) is 36.7. The van der Waals surface area contributed by atoms with Gasteiger partial charge in [-0.15, -0.1) is 0 Å². The van der Waals surface area contributed by atoms with E-state index in [4.69, 9.17) is 18.9 Å². The normalized spacial score (nSPS) is 21.1. The molecule has 1 rings (SSSR count). The first kappa shape index (κ1) is 54.1. The Bertz CT molecular complexity index is 1210. The smallest absolute Gasteiger partial charge is 0.306 e. The first-order valence-corrected chi connectivity index (χ1v) is 22.8. The highest BCUT2D eigenvalue weighted by Crippen LogP contribution is 2.22. The van der Waals surface area contributed by atoms with Gasteiger partial charge in [-0.25, -0.2) is 0 Å². The van der Waals surface area contributed by atoms with E-state index in [1.807, 2.05) is 0 Å². The zero-order chi connectivity index (χ0) is 42.9. The lowest BCUT2D eigenvalue weighted by Gasteiger charge is -2.39. The van der Waals surface area contributed by atoms with E-state index in [1.165, 1.54) is 44.9 Å². The SMILES string of the molecule is CC/C=C\C/C=C\C/C=C\C/C=C\C/C=C\C/C=C\C/C=C\CCCC(=O)OC(COCCCCCCCC/C=C\CCCCC)COC1OC(CO)C(O)C(O)C1O. The van der Waals surface area contributed by atoms with E-state index in [1.54, 1.807) is 0 Å². The van der Waals surface area contributed by atoms with Gasteiger partial charge in [0.2, 0.25) is 0 Å². The molecule has 1 aliphatic heterocycles. The van der Waals surface area contributed by atoms with Gasteiger partial charge in [-0.05, 0) is 89.9 Å². The number of carbonyl (C=O) groups is 1. The topological polar surface area (TPSA) is 135 Å². The van der Waals surface area contributed by atoms with E-state index in [0.717, 1.165) is 77.0 Å². The fourth-order valence-electron chi connectivity index (χ4n) is 6.18. The quantitative estimate of drug-likeness (QED) is 0.0274. The van der Waals surface area contributed by atoms with Crippen LogP contribution in [0.15, 0.2) is 97.2 Å². The molecule has 0 amide bonds. The van der Waals surface area contributed by atoms with Crippen molar-refractivity contribution in [3.63, 3.8) is 0 Å². The van der Waals surface area contributed by atoms with Crippen molar-refractivity contribution in [2.75, 3.05) is 26.4 Å². The molecule has 336 valence electrons. The molecule has 0 aromatic carbocycles. The summed E-state index contributed by atoms with van der Waals surface area (Å²) < 4.78 is 22.7. The van der Waals surface area contributed by atoms with Crippen LogP contribution in [0, 0.1) is 0 Å². The monoisotopic (exact) mass is 827 g/mol. The van der Waals surface area contributed by atoms with Crippen LogP contribution in [0.4, 0.5) is 0 Å².